The molecule has 1 aromatic carbocycles. The maximum absolute atomic E-state index is 12.8. The van der Waals surface area contributed by atoms with Gasteiger partial charge in [-0.25, -0.2) is 13.2 Å². The number of carbonyl (C=O) groups excluding carboxylic acids is 1. The van der Waals surface area contributed by atoms with Gasteiger partial charge in [0.25, 0.3) is 0 Å². The molecule has 0 spiro atoms. The summed E-state index contributed by atoms with van der Waals surface area (Å²) in [6, 6.07) is 8.03. The van der Waals surface area contributed by atoms with E-state index < -0.39 is 16.0 Å². The number of carbonyl (C=O) groups is 1. The zero-order chi connectivity index (χ0) is 19.9. The van der Waals surface area contributed by atoms with E-state index in [1.165, 1.54) is 22.6 Å². The van der Waals surface area contributed by atoms with Crippen molar-refractivity contribution in [2.75, 3.05) is 19.0 Å². The molecule has 1 fully saturated rings. The zero-order valence-corrected chi connectivity index (χ0v) is 16.5. The van der Waals surface area contributed by atoms with Crippen molar-refractivity contribution in [3.63, 3.8) is 0 Å². The summed E-state index contributed by atoms with van der Waals surface area (Å²) in [6.45, 7) is 1.84. The number of sulfonamides is 1. The van der Waals surface area contributed by atoms with Gasteiger partial charge in [-0.15, -0.1) is 0 Å². The van der Waals surface area contributed by atoms with Crippen molar-refractivity contribution in [1.29, 1.82) is 5.26 Å². The molecular formula is C19H25N3O4S. The molecule has 2 rings (SSSR count). The van der Waals surface area contributed by atoms with Gasteiger partial charge in [-0.3, -0.25) is 0 Å². The van der Waals surface area contributed by atoms with Gasteiger partial charge >= 0.3 is 5.97 Å². The van der Waals surface area contributed by atoms with E-state index in [9.17, 15) is 13.2 Å². The summed E-state index contributed by atoms with van der Waals surface area (Å²) in [5.41, 5.74) is 0.400. The number of nitriles is 1. The number of esters is 1. The number of rotatable bonds is 7. The molecule has 1 aliphatic rings. The van der Waals surface area contributed by atoms with Gasteiger partial charge in [0.2, 0.25) is 10.0 Å². The molecule has 1 aromatic rings. The van der Waals surface area contributed by atoms with Crippen LogP contribution < -0.4 is 5.32 Å². The lowest BCUT2D eigenvalue weighted by atomic mass is 9.96. The molecule has 0 aliphatic heterocycles. The lowest BCUT2D eigenvalue weighted by molar-refractivity contribution is -0.138. The second kappa shape index (κ2) is 9.53. The Hall–Kier alpha value is -2.37. The van der Waals surface area contributed by atoms with Crippen LogP contribution in [0.1, 0.15) is 39.0 Å². The van der Waals surface area contributed by atoms with Crippen LogP contribution >= 0.6 is 0 Å². The summed E-state index contributed by atoms with van der Waals surface area (Å²) in [6.07, 6.45) is 6.31. The largest absolute Gasteiger partial charge is 0.462 e. The molecule has 8 heteroatoms. The molecule has 27 heavy (non-hydrogen) atoms. The highest BCUT2D eigenvalue weighted by atomic mass is 32.2. The maximum atomic E-state index is 12.8. The van der Waals surface area contributed by atoms with Crippen molar-refractivity contribution >= 4 is 21.7 Å². The molecule has 7 nitrogen and oxygen atoms in total. The van der Waals surface area contributed by atoms with E-state index in [1.54, 1.807) is 32.2 Å². The number of ether oxygens (including phenoxy) is 1. The van der Waals surface area contributed by atoms with Crippen LogP contribution in [0.4, 0.5) is 5.69 Å². The van der Waals surface area contributed by atoms with Crippen molar-refractivity contribution in [3.8, 4) is 6.07 Å². The first-order valence-corrected chi connectivity index (χ1v) is 10.5. The third-order valence-electron chi connectivity index (χ3n) is 4.62. The lowest BCUT2D eigenvalue weighted by Gasteiger charge is -2.30. The number of hydrogen-bond acceptors (Lipinski definition) is 6. The number of nitrogens with zero attached hydrogens (tertiary/aromatic N) is 2. The Morgan fingerprint density at radius 2 is 1.93 bits per heavy atom. The molecule has 1 saturated carbocycles. The van der Waals surface area contributed by atoms with Crippen molar-refractivity contribution in [3.05, 3.63) is 36.0 Å². The van der Waals surface area contributed by atoms with E-state index in [0.717, 1.165) is 32.1 Å². The monoisotopic (exact) mass is 391 g/mol. The van der Waals surface area contributed by atoms with Gasteiger partial charge < -0.3 is 10.1 Å². The molecule has 0 bridgehead atoms. The molecule has 146 valence electrons. The zero-order valence-electron chi connectivity index (χ0n) is 15.6. The average Bonchev–Trinajstić information content (AvgIpc) is 2.69. The van der Waals surface area contributed by atoms with E-state index >= 15 is 0 Å². The second-order valence-electron chi connectivity index (χ2n) is 6.37. The predicted octanol–water partition coefficient (Wildman–Crippen LogP) is 3.02. The Bertz CT molecular complexity index is 820. The molecular weight excluding hydrogens is 366 g/mol. The minimum Gasteiger partial charge on any atom is -0.462 e. The molecule has 0 aromatic heterocycles. The number of nitrogens with one attached hydrogen (secondary N) is 1. The fourth-order valence-corrected chi connectivity index (χ4v) is 4.45. The highest BCUT2D eigenvalue weighted by molar-refractivity contribution is 7.89. The lowest BCUT2D eigenvalue weighted by Crippen LogP contribution is -2.38. The van der Waals surface area contributed by atoms with Crippen molar-refractivity contribution in [2.24, 2.45) is 0 Å². The topological polar surface area (TPSA) is 99.5 Å². The van der Waals surface area contributed by atoms with Crippen LogP contribution in [0.3, 0.4) is 0 Å². The molecule has 0 radical (unpaired) electrons. The number of hydrogen-bond donors (Lipinski definition) is 1. The van der Waals surface area contributed by atoms with E-state index in [-0.39, 0.29) is 23.1 Å². The van der Waals surface area contributed by atoms with Crippen LogP contribution in [-0.4, -0.2) is 38.4 Å². The van der Waals surface area contributed by atoms with Crippen LogP contribution in [0.15, 0.2) is 40.9 Å². The van der Waals surface area contributed by atoms with Crippen LogP contribution in [0.5, 0.6) is 0 Å². The number of anilines is 1. The first-order valence-electron chi connectivity index (χ1n) is 9.02. The maximum Gasteiger partial charge on any atom is 0.350 e. The summed E-state index contributed by atoms with van der Waals surface area (Å²) in [7, 11) is -1.91. The Kier molecular flexibility index (Phi) is 7.39. The Labute approximate surface area is 160 Å². The molecule has 0 amide bonds. The van der Waals surface area contributed by atoms with Gasteiger partial charge in [0.15, 0.2) is 5.57 Å². The highest BCUT2D eigenvalue weighted by Gasteiger charge is 2.28. The van der Waals surface area contributed by atoms with Gasteiger partial charge in [-0.05, 0) is 44.0 Å². The smallest absolute Gasteiger partial charge is 0.350 e. The van der Waals surface area contributed by atoms with E-state index in [4.69, 9.17) is 10.00 Å². The molecule has 1 aliphatic carbocycles. The van der Waals surface area contributed by atoms with Crippen molar-refractivity contribution < 1.29 is 17.9 Å². The summed E-state index contributed by atoms with van der Waals surface area (Å²) < 4.78 is 31.9. The fraction of sp³-hybridized carbons (Fsp3) is 0.474. The predicted molar refractivity (Wildman–Crippen MR) is 102 cm³/mol. The van der Waals surface area contributed by atoms with Crippen LogP contribution in [0, 0.1) is 11.3 Å². The Morgan fingerprint density at radius 1 is 1.30 bits per heavy atom. The highest BCUT2D eigenvalue weighted by Crippen LogP contribution is 2.27. The van der Waals surface area contributed by atoms with E-state index in [0.29, 0.717) is 5.69 Å². The fourth-order valence-electron chi connectivity index (χ4n) is 3.03. The van der Waals surface area contributed by atoms with Gasteiger partial charge in [0.05, 0.1) is 11.5 Å². The van der Waals surface area contributed by atoms with Gasteiger partial charge in [-0.2, -0.15) is 9.57 Å². The van der Waals surface area contributed by atoms with Crippen molar-refractivity contribution in [1.82, 2.24) is 4.31 Å². The van der Waals surface area contributed by atoms with E-state index in [1.807, 2.05) is 0 Å². The minimum absolute atomic E-state index is 0.0484. The second-order valence-corrected chi connectivity index (χ2v) is 8.37. The molecule has 0 saturated heterocycles. The quantitative estimate of drug-likeness (QED) is 0.436. The van der Waals surface area contributed by atoms with Gasteiger partial charge in [0, 0.05) is 25.0 Å². The van der Waals surface area contributed by atoms with Crippen LogP contribution in [0.25, 0.3) is 0 Å². The van der Waals surface area contributed by atoms with E-state index in [2.05, 4.69) is 5.32 Å². The van der Waals surface area contributed by atoms with Crippen LogP contribution in [-0.2, 0) is 19.6 Å². The third kappa shape index (κ3) is 5.31. The van der Waals surface area contributed by atoms with Gasteiger partial charge in [-0.1, -0.05) is 19.3 Å². The summed E-state index contributed by atoms with van der Waals surface area (Å²) in [4.78, 5) is 11.8. The van der Waals surface area contributed by atoms with Crippen molar-refractivity contribution in [2.45, 2.75) is 50.0 Å². The molecule has 0 atom stereocenters. The third-order valence-corrected chi connectivity index (χ3v) is 6.54. The van der Waals surface area contributed by atoms with Crippen LogP contribution in [0.2, 0.25) is 0 Å². The molecule has 0 unspecified atom stereocenters. The standard InChI is InChI=1S/C19H25N3O4S/c1-3-26-19(23)15(13-20)14-21-16-9-11-18(12-10-16)27(24,25)22(2)17-7-5-4-6-8-17/h9-12,14,17,21H,3-8H2,1-2H3/b15-14+. The first-order chi connectivity index (χ1) is 12.9. The Morgan fingerprint density at radius 3 is 2.48 bits per heavy atom. The summed E-state index contributed by atoms with van der Waals surface area (Å²) in [5.74, 6) is -0.708. The normalized spacial score (nSPS) is 16.0. The summed E-state index contributed by atoms with van der Waals surface area (Å²) >= 11 is 0. The minimum atomic E-state index is -3.55. The van der Waals surface area contributed by atoms with Gasteiger partial charge in [0.1, 0.15) is 6.07 Å². The number of benzene rings is 1. The SMILES string of the molecule is CCOC(=O)/C(C#N)=C/Nc1ccc(S(=O)(=O)N(C)C2CCCCC2)cc1. The first kappa shape index (κ1) is 20.9. The molecule has 1 N–H and O–H groups in total. The molecule has 0 heterocycles. The average molecular weight is 391 g/mol. The summed E-state index contributed by atoms with van der Waals surface area (Å²) in [5, 5.41) is 11.8. The Balaban J connectivity index is 2.09.